The Hall–Kier alpha value is -1.59. The number of carbonyl (C=O) groups is 1. The van der Waals surface area contributed by atoms with Crippen molar-refractivity contribution in [2.75, 3.05) is 13.2 Å². The average Bonchev–Trinajstić information content (AvgIpc) is 2.50. The molecule has 0 bridgehead atoms. The second-order valence-corrected chi connectivity index (χ2v) is 6.92. The first-order chi connectivity index (χ1) is 11.3. The normalized spacial score (nSPS) is 14.0. The molecule has 5 nitrogen and oxygen atoms in total. The molecule has 1 aromatic rings. The predicted molar refractivity (Wildman–Crippen MR) is 95.2 cm³/mol. The third-order valence-electron chi connectivity index (χ3n) is 3.94. The van der Waals surface area contributed by atoms with Gasteiger partial charge in [-0.25, -0.2) is 0 Å². The molecule has 3 N–H and O–H groups in total. The van der Waals surface area contributed by atoms with Crippen LogP contribution in [0.3, 0.4) is 0 Å². The number of ether oxygens (including phenoxy) is 1. The highest BCUT2D eigenvalue weighted by molar-refractivity contribution is 5.73. The van der Waals surface area contributed by atoms with Gasteiger partial charge in [0.25, 0.3) is 0 Å². The van der Waals surface area contributed by atoms with Crippen molar-refractivity contribution in [2.45, 2.75) is 52.7 Å². The van der Waals surface area contributed by atoms with Crippen LogP contribution in [0.5, 0.6) is 5.75 Å². The van der Waals surface area contributed by atoms with Gasteiger partial charge in [-0.05, 0) is 48.9 Å². The summed E-state index contributed by atoms with van der Waals surface area (Å²) >= 11 is 0. The molecule has 0 aromatic heterocycles. The van der Waals surface area contributed by atoms with Gasteiger partial charge in [0.15, 0.2) is 0 Å². The lowest BCUT2D eigenvalue weighted by atomic mass is 10.0. The van der Waals surface area contributed by atoms with E-state index < -0.39 is 18.1 Å². The zero-order valence-electron chi connectivity index (χ0n) is 15.2. The molecule has 5 heteroatoms. The third-order valence-corrected chi connectivity index (χ3v) is 3.94. The summed E-state index contributed by atoms with van der Waals surface area (Å²) in [6, 6.07) is 6.84. The number of nitrogens with one attached hydrogen (secondary N) is 1. The van der Waals surface area contributed by atoms with E-state index in [0.29, 0.717) is 25.5 Å². The first-order valence-corrected chi connectivity index (χ1v) is 8.68. The number of hydrogen-bond acceptors (Lipinski definition) is 4. The van der Waals surface area contributed by atoms with E-state index in [-0.39, 0.29) is 5.92 Å². The zero-order chi connectivity index (χ0) is 18.1. The van der Waals surface area contributed by atoms with Gasteiger partial charge < -0.3 is 20.3 Å². The number of aliphatic hydroxyl groups excluding tert-OH is 1. The van der Waals surface area contributed by atoms with Crippen LogP contribution in [0.25, 0.3) is 0 Å². The summed E-state index contributed by atoms with van der Waals surface area (Å²) in [6.45, 7) is 9.18. The van der Waals surface area contributed by atoms with Crippen molar-refractivity contribution in [1.29, 1.82) is 0 Å². The summed E-state index contributed by atoms with van der Waals surface area (Å²) in [5.74, 6) is 0.554. The Morgan fingerprint density at radius 3 is 2.25 bits per heavy atom. The van der Waals surface area contributed by atoms with Crippen LogP contribution < -0.4 is 10.1 Å². The van der Waals surface area contributed by atoms with Crippen molar-refractivity contribution in [3.63, 3.8) is 0 Å². The molecule has 0 unspecified atom stereocenters. The number of rotatable bonds is 11. The number of benzene rings is 1. The minimum absolute atomic E-state index is 0.00177. The molecule has 0 radical (unpaired) electrons. The second kappa shape index (κ2) is 10.3. The maximum absolute atomic E-state index is 11.1. The lowest BCUT2D eigenvalue weighted by Crippen LogP contribution is -2.41. The van der Waals surface area contributed by atoms with E-state index in [1.54, 1.807) is 0 Å². The minimum Gasteiger partial charge on any atom is -0.494 e. The van der Waals surface area contributed by atoms with Gasteiger partial charge in [-0.1, -0.05) is 39.8 Å². The lowest BCUT2D eigenvalue weighted by Gasteiger charge is -2.19. The predicted octanol–water partition coefficient (Wildman–Crippen LogP) is 3.23. The minimum atomic E-state index is -0.859. The molecule has 0 saturated heterocycles. The van der Waals surface area contributed by atoms with E-state index in [9.17, 15) is 9.90 Å². The Morgan fingerprint density at radius 2 is 1.75 bits per heavy atom. The third kappa shape index (κ3) is 7.32. The molecule has 0 spiro atoms. The highest BCUT2D eigenvalue weighted by atomic mass is 16.5. The quantitative estimate of drug-likeness (QED) is 0.578. The summed E-state index contributed by atoms with van der Waals surface area (Å²) in [7, 11) is 0. The van der Waals surface area contributed by atoms with Crippen molar-refractivity contribution in [1.82, 2.24) is 5.32 Å². The highest BCUT2D eigenvalue weighted by Gasteiger charge is 2.20. The Bertz CT molecular complexity index is 485. The van der Waals surface area contributed by atoms with E-state index in [2.05, 4.69) is 19.2 Å². The average molecular weight is 337 g/mol. The second-order valence-electron chi connectivity index (χ2n) is 6.92. The lowest BCUT2D eigenvalue weighted by molar-refractivity contribution is -0.140. The van der Waals surface area contributed by atoms with Crippen LogP contribution in [0.15, 0.2) is 24.3 Å². The molecule has 0 aliphatic rings. The highest BCUT2D eigenvalue weighted by Crippen LogP contribution is 2.20. The Kier molecular flexibility index (Phi) is 8.79. The number of aliphatic hydroxyl groups is 1. The number of hydrogen-bond donors (Lipinski definition) is 3. The molecule has 2 atom stereocenters. The van der Waals surface area contributed by atoms with Crippen molar-refractivity contribution >= 4 is 5.97 Å². The fourth-order valence-corrected chi connectivity index (χ4v) is 2.35. The van der Waals surface area contributed by atoms with Gasteiger partial charge in [-0.3, -0.25) is 4.79 Å². The van der Waals surface area contributed by atoms with Crippen LogP contribution in [0.2, 0.25) is 0 Å². The summed E-state index contributed by atoms with van der Waals surface area (Å²) in [4.78, 5) is 11.1. The SMILES string of the molecule is CC(C)CCOc1ccc([C@H](O)CCN[C@@H](C(=O)O)C(C)C)cc1. The molecule has 0 saturated carbocycles. The first kappa shape index (κ1) is 20.5. The number of carboxylic acid groups (broad SMARTS) is 1. The van der Waals surface area contributed by atoms with E-state index in [4.69, 9.17) is 9.84 Å². The van der Waals surface area contributed by atoms with Gasteiger partial charge in [-0.15, -0.1) is 0 Å². The topological polar surface area (TPSA) is 78.8 Å². The summed E-state index contributed by atoms with van der Waals surface area (Å²) < 4.78 is 5.66. The van der Waals surface area contributed by atoms with Gasteiger partial charge in [0, 0.05) is 0 Å². The Morgan fingerprint density at radius 1 is 1.12 bits per heavy atom. The number of carboxylic acids is 1. The van der Waals surface area contributed by atoms with Crippen molar-refractivity contribution in [2.24, 2.45) is 11.8 Å². The van der Waals surface area contributed by atoms with E-state index in [0.717, 1.165) is 17.7 Å². The molecular formula is C19H31NO4. The molecule has 24 heavy (non-hydrogen) atoms. The summed E-state index contributed by atoms with van der Waals surface area (Å²) in [6.07, 6.45) is 0.851. The Labute approximate surface area is 145 Å². The van der Waals surface area contributed by atoms with Gasteiger partial charge >= 0.3 is 5.97 Å². The van der Waals surface area contributed by atoms with Crippen LogP contribution >= 0.6 is 0 Å². The molecule has 0 heterocycles. The maximum atomic E-state index is 11.1. The van der Waals surface area contributed by atoms with Crippen LogP contribution in [0.4, 0.5) is 0 Å². The van der Waals surface area contributed by atoms with Crippen molar-refractivity contribution in [3.8, 4) is 5.75 Å². The first-order valence-electron chi connectivity index (χ1n) is 8.68. The monoisotopic (exact) mass is 337 g/mol. The van der Waals surface area contributed by atoms with E-state index >= 15 is 0 Å². The molecular weight excluding hydrogens is 306 g/mol. The maximum Gasteiger partial charge on any atom is 0.320 e. The van der Waals surface area contributed by atoms with Gasteiger partial charge in [0.1, 0.15) is 11.8 Å². The van der Waals surface area contributed by atoms with Crippen LogP contribution in [0, 0.1) is 11.8 Å². The van der Waals surface area contributed by atoms with Crippen molar-refractivity contribution in [3.05, 3.63) is 29.8 Å². The van der Waals surface area contributed by atoms with Crippen LogP contribution in [-0.2, 0) is 4.79 Å². The largest absolute Gasteiger partial charge is 0.494 e. The molecule has 1 rings (SSSR count). The van der Waals surface area contributed by atoms with E-state index in [1.165, 1.54) is 0 Å². The molecule has 0 fully saturated rings. The van der Waals surface area contributed by atoms with Gasteiger partial charge in [0.05, 0.1) is 12.7 Å². The molecule has 0 amide bonds. The van der Waals surface area contributed by atoms with Gasteiger partial charge in [0.2, 0.25) is 0 Å². The molecule has 1 aromatic carbocycles. The Balaban J connectivity index is 2.42. The molecule has 0 aliphatic heterocycles. The molecule has 136 valence electrons. The fourth-order valence-electron chi connectivity index (χ4n) is 2.35. The smallest absolute Gasteiger partial charge is 0.320 e. The standard InChI is InChI=1S/C19H31NO4/c1-13(2)10-12-24-16-7-5-15(6-8-16)17(21)9-11-20-18(14(3)4)19(22)23/h5-8,13-14,17-18,20-21H,9-12H2,1-4H3,(H,22,23)/t17-,18-/m1/s1. The van der Waals surface area contributed by atoms with Crippen LogP contribution in [0.1, 0.15) is 52.2 Å². The fraction of sp³-hybridized carbons (Fsp3) is 0.632. The van der Waals surface area contributed by atoms with Gasteiger partial charge in [-0.2, -0.15) is 0 Å². The molecule has 0 aliphatic carbocycles. The summed E-state index contributed by atoms with van der Waals surface area (Å²) in [5, 5.41) is 22.3. The van der Waals surface area contributed by atoms with E-state index in [1.807, 2.05) is 38.1 Å². The zero-order valence-corrected chi connectivity index (χ0v) is 15.2. The number of aliphatic carboxylic acids is 1. The summed E-state index contributed by atoms with van der Waals surface area (Å²) in [5.41, 5.74) is 0.810. The van der Waals surface area contributed by atoms with Crippen molar-refractivity contribution < 1.29 is 19.7 Å². The van der Waals surface area contributed by atoms with Crippen LogP contribution in [-0.4, -0.2) is 35.4 Å².